The van der Waals surface area contributed by atoms with Gasteiger partial charge < -0.3 is 10.1 Å². The van der Waals surface area contributed by atoms with Gasteiger partial charge in [0, 0.05) is 12.3 Å². The van der Waals surface area contributed by atoms with E-state index < -0.39 is 17.7 Å². The SMILES string of the molecule is CC(C)(C)OC(=O)C1NC=C2N=C(Cl)C=C(Cl)N21. The summed E-state index contributed by atoms with van der Waals surface area (Å²) in [5.74, 6) is 0.0666. The van der Waals surface area contributed by atoms with Crippen molar-refractivity contribution >= 4 is 34.3 Å². The van der Waals surface area contributed by atoms with Crippen LogP contribution in [-0.2, 0) is 9.53 Å². The molecule has 1 unspecified atom stereocenters. The zero-order chi connectivity index (χ0) is 13.5. The zero-order valence-corrected chi connectivity index (χ0v) is 11.7. The smallest absolute Gasteiger partial charge is 0.350 e. The summed E-state index contributed by atoms with van der Waals surface area (Å²) >= 11 is 11.8. The number of fused-ring (bicyclic) bond motifs is 1. The molecular formula is C11H13Cl2N3O2. The summed E-state index contributed by atoms with van der Waals surface area (Å²) in [6.45, 7) is 5.41. The van der Waals surface area contributed by atoms with Crippen molar-refractivity contribution in [2.24, 2.45) is 4.99 Å². The molecule has 0 aliphatic carbocycles. The van der Waals surface area contributed by atoms with Crippen LogP contribution < -0.4 is 5.32 Å². The van der Waals surface area contributed by atoms with Crippen molar-refractivity contribution in [3.8, 4) is 0 Å². The Hall–Kier alpha value is -1.20. The number of ether oxygens (including phenoxy) is 1. The summed E-state index contributed by atoms with van der Waals surface area (Å²) < 4.78 is 5.30. The summed E-state index contributed by atoms with van der Waals surface area (Å²) in [7, 11) is 0. The number of hydrogen-bond acceptors (Lipinski definition) is 5. The van der Waals surface area contributed by atoms with Gasteiger partial charge in [-0.25, -0.2) is 9.79 Å². The van der Waals surface area contributed by atoms with Gasteiger partial charge in [0.1, 0.15) is 15.9 Å². The molecule has 18 heavy (non-hydrogen) atoms. The molecule has 0 aromatic heterocycles. The quantitative estimate of drug-likeness (QED) is 0.593. The maximum absolute atomic E-state index is 12.0. The van der Waals surface area contributed by atoms with Crippen LogP contribution in [0.4, 0.5) is 0 Å². The Morgan fingerprint density at radius 2 is 2.17 bits per heavy atom. The van der Waals surface area contributed by atoms with E-state index in [2.05, 4.69) is 10.3 Å². The molecule has 0 spiro atoms. The minimum atomic E-state index is -0.712. The van der Waals surface area contributed by atoms with Gasteiger partial charge in [-0.2, -0.15) is 0 Å². The Labute approximate surface area is 115 Å². The first kappa shape index (κ1) is 13.2. The molecule has 7 heteroatoms. The molecular weight excluding hydrogens is 277 g/mol. The third-order valence-electron chi connectivity index (χ3n) is 2.20. The van der Waals surface area contributed by atoms with Crippen molar-refractivity contribution in [3.05, 3.63) is 23.3 Å². The first-order chi connectivity index (χ1) is 8.28. The molecule has 5 nitrogen and oxygen atoms in total. The Morgan fingerprint density at radius 1 is 1.50 bits per heavy atom. The molecule has 0 amide bonds. The van der Waals surface area contributed by atoms with Gasteiger partial charge in [-0.1, -0.05) is 23.2 Å². The van der Waals surface area contributed by atoms with Gasteiger partial charge in [-0.05, 0) is 20.8 Å². The largest absolute Gasteiger partial charge is 0.457 e. The fourth-order valence-electron chi connectivity index (χ4n) is 1.59. The lowest BCUT2D eigenvalue weighted by Crippen LogP contribution is -2.46. The van der Waals surface area contributed by atoms with Gasteiger partial charge in [-0.3, -0.25) is 4.90 Å². The first-order valence-electron chi connectivity index (χ1n) is 5.38. The Kier molecular flexibility index (Phi) is 3.29. The minimum Gasteiger partial charge on any atom is -0.457 e. The van der Waals surface area contributed by atoms with Crippen LogP contribution in [-0.4, -0.2) is 27.8 Å². The van der Waals surface area contributed by atoms with E-state index in [0.29, 0.717) is 11.0 Å². The lowest BCUT2D eigenvalue weighted by molar-refractivity contribution is -0.160. The summed E-state index contributed by atoms with van der Waals surface area (Å²) in [5.41, 5.74) is -0.561. The van der Waals surface area contributed by atoms with E-state index in [1.807, 2.05) is 0 Å². The van der Waals surface area contributed by atoms with Gasteiger partial charge in [0.25, 0.3) is 0 Å². The number of aliphatic imine (C=N–C) groups is 1. The maximum Gasteiger partial charge on any atom is 0.350 e. The molecule has 1 atom stereocenters. The molecule has 0 saturated heterocycles. The number of hydrogen-bond donors (Lipinski definition) is 1. The number of nitrogens with one attached hydrogen (secondary N) is 1. The summed E-state index contributed by atoms with van der Waals surface area (Å²) in [4.78, 5) is 17.6. The second-order valence-corrected chi connectivity index (χ2v) is 5.65. The second-order valence-electron chi connectivity index (χ2n) is 4.88. The van der Waals surface area contributed by atoms with Crippen molar-refractivity contribution in [1.29, 1.82) is 0 Å². The van der Waals surface area contributed by atoms with Crippen molar-refractivity contribution in [3.63, 3.8) is 0 Å². The minimum absolute atomic E-state index is 0.272. The van der Waals surface area contributed by atoms with E-state index in [1.54, 1.807) is 27.0 Å². The maximum atomic E-state index is 12.0. The number of halogens is 2. The average molecular weight is 290 g/mol. The number of carbonyl (C=O) groups excluding carboxylic acids is 1. The van der Waals surface area contributed by atoms with Crippen LogP contribution in [0.1, 0.15) is 20.8 Å². The van der Waals surface area contributed by atoms with E-state index in [4.69, 9.17) is 27.9 Å². The number of allylic oxidation sites excluding steroid dienone is 1. The molecule has 0 aromatic rings. The Morgan fingerprint density at radius 3 is 2.78 bits per heavy atom. The predicted octanol–water partition coefficient (Wildman–Crippen LogP) is 2.09. The predicted molar refractivity (Wildman–Crippen MR) is 69.9 cm³/mol. The van der Waals surface area contributed by atoms with Crippen LogP contribution in [0.2, 0.25) is 0 Å². The highest BCUT2D eigenvalue weighted by Crippen LogP contribution is 2.29. The molecule has 0 bridgehead atoms. The van der Waals surface area contributed by atoms with Gasteiger partial charge in [0.05, 0.1) is 0 Å². The topological polar surface area (TPSA) is 53.9 Å². The number of esters is 1. The zero-order valence-electron chi connectivity index (χ0n) is 10.2. The van der Waals surface area contributed by atoms with E-state index in [0.717, 1.165) is 0 Å². The molecule has 0 fully saturated rings. The molecule has 2 heterocycles. The summed E-state index contributed by atoms with van der Waals surface area (Å²) in [5, 5.41) is 3.46. The lowest BCUT2D eigenvalue weighted by atomic mass is 10.2. The van der Waals surface area contributed by atoms with Crippen molar-refractivity contribution in [2.75, 3.05) is 0 Å². The molecule has 98 valence electrons. The molecule has 2 rings (SSSR count). The van der Waals surface area contributed by atoms with Gasteiger partial charge in [0.2, 0.25) is 6.17 Å². The molecule has 2 aliphatic rings. The van der Waals surface area contributed by atoms with E-state index in [-0.39, 0.29) is 5.17 Å². The van der Waals surface area contributed by atoms with Crippen LogP contribution >= 0.6 is 23.2 Å². The van der Waals surface area contributed by atoms with E-state index >= 15 is 0 Å². The number of nitrogens with zero attached hydrogens (tertiary/aromatic N) is 2. The number of carbonyl (C=O) groups is 1. The molecule has 0 aromatic carbocycles. The monoisotopic (exact) mass is 289 g/mol. The highest BCUT2D eigenvalue weighted by Gasteiger charge is 2.38. The van der Waals surface area contributed by atoms with Crippen LogP contribution in [0.15, 0.2) is 28.2 Å². The summed E-state index contributed by atoms with van der Waals surface area (Å²) in [6, 6.07) is 0. The molecule has 0 saturated carbocycles. The van der Waals surface area contributed by atoms with Crippen LogP contribution in [0.3, 0.4) is 0 Å². The summed E-state index contributed by atoms with van der Waals surface area (Å²) in [6.07, 6.45) is 2.34. The Bertz CT molecular complexity index is 477. The second kappa shape index (κ2) is 4.48. The van der Waals surface area contributed by atoms with Gasteiger partial charge in [-0.15, -0.1) is 0 Å². The van der Waals surface area contributed by atoms with Crippen molar-refractivity contribution < 1.29 is 9.53 Å². The molecule has 2 aliphatic heterocycles. The van der Waals surface area contributed by atoms with Crippen LogP contribution in [0.25, 0.3) is 0 Å². The normalized spacial score (nSPS) is 22.6. The molecule has 0 radical (unpaired) electrons. The van der Waals surface area contributed by atoms with Crippen LogP contribution in [0.5, 0.6) is 0 Å². The fourth-order valence-corrected chi connectivity index (χ4v) is 2.12. The average Bonchev–Trinajstić information content (AvgIpc) is 2.58. The fraction of sp³-hybridized carbons (Fsp3) is 0.455. The first-order valence-corrected chi connectivity index (χ1v) is 6.13. The van der Waals surface area contributed by atoms with Crippen molar-refractivity contribution in [2.45, 2.75) is 32.5 Å². The third-order valence-corrected chi connectivity index (χ3v) is 2.68. The molecule has 1 N–H and O–H groups in total. The van der Waals surface area contributed by atoms with Crippen LogP contribution in [0, 0.1) is 0 Å². The third kappa shape index (κ3) is 2.62. The van der Waals surface area contributed by atoms with Gasteiger partial charge >= 0.3 is 5.97 Å². The highest BCUT2D eigenvalue weighted by molar-refractivity contribution is 6.69. The number of rotatable bonds is 1. The standard InChI is InChI=1S/C11H13Cl2N3O2/c1-11(2,3)18-10(17)9-14-5-8-15-6(12)4-7(13)16(8)9/h4-5,9,14H,1-3H3. The van der Waals surface area contributed by atoms with Gasteiger partial charge in [0.15, 0.2) is 5.82 Å². The van der Waals surface area contributed by atoms with E-state index in [9.17, 15) is 4.79 Å². The Balaban J connectivity index is 2.17. The van der Waals surface area contributed by atoms with E-state index in [1.165, 1.54) is 11.0 Å². The van der Waals surface area contributed by atoms with Crippen molar-refractivity contribution in [1.82, 2.24) is 10.2 Å². The lowest BCUT2D eigenvalue weighted by Gasteiger charge is -2.29. The highest BCUT2D eigenvalue weighted by atomic mass is 35.5.